The van der Waals surface area contributed by atoms with Crippen molar-refractivity contribution in [3.8, 4) is 0 Å². The van der Waals surface area contributed by atoms with Gasteiger partial charge < -0.3 is 4.74 Å². The Hall–Kier alpha value is -2.15. The molecule has 0 bridgehead atoms. The van der Waals surface area contributed by atoms with Gasteiger partial charge >= 0.3 is 5.97 Å². The van der Waals surface area contributed by atoms with Crippen LogP contribution in [0.15, 0.2) is 40.3 Å². The molecule has 0 atom stereocenters. The summed E-state index contributed by atoms with van der Waals surface area (Å²) < 4.78 is 4.50. The van der Waals surface area contributed by atoms with E-state index in [0.29, 0.717) is 17.3 Å². The van der Waals surface area contributed by atoms with Gasteiger partial charge in [-0.2, -0.15) is 0 Å². The number of thioether (sulfide) groups is 1. The summed E-state index contributed by atoms with van der Waals surface area (Å²) in [5, 5.41) is 8.11. The normalized spacial score (nSPS) is 10.2. The number of nitrogens with zero attached hydrogens (tertiary/aromatic N) is 2. The average Bonchev–Trinajstić information content (AvgIpc) is 2.48. The number of nitrogens with one attached hydrogen (secondary N) is 1. The maximum Gasteiger partial charge on any atom is 0.316 e. The van der Waals surface area contributed by atoms with Gasteiger partial charge in [0.25, 0.3) is 5.56 Å². The molecular formula is C13H13N3O3S. The molecule has 2 rings (SSSR count). The minimum atomic E-state index is -0.383. The smallest absolute Gasteiger partial charge is 0.316 e. The first-order valence-electron chi connectivity index (χ1n) is 5.88. The van der Waals surface area contributed by atoms with Crippen LogP contribution in [0, 0.1) is 0 Å². The maximum atomic E-state index is 11.9. The third-order valence-electron chi connectivity index (χ3n) is 2.51. The van der Waals surface area contributed by atoms with Gasteiger partial charge in [0.2, 0.25) is 0 Å². The lowest BCUT2D eigenvalue weighted by Gasteiger charge is -2.02. The van der Waals surface area contributed by atoms with E-state index in [9.17, 15) is 9.59 Å². The molecular weight excluding hydrogens is 278 g/mol. The lowest BCUT2D eigenvalue weighted by molar-refractivity contribution is -0.137. The molecule has 0 aliphatic carbocycles. The third-order valence-corrected chi connectivity index (χ3v) is 3.35. The fraction of sp³-hybridized carbons (Fsp3) is 0.231. The Morgan fingerprint density at radius 1 is 1.30 bits per heavy atom. The monoisotopic (exact) mass is 291 g/mol. The highest BCUT2D eigenvalue weighted by molar-refractivity contribution is 7.99. The summed E-state index contributed by atoms with van der Waals surface area (Å²) in [5.41, 5.74) is 1.04. The lowest BCUT2D eigenvalue weighted by Crippen LogP contribution is -2.18. The van der Waals surface area contributed by atoms with Crippen molar-refractivity contribution in [2.75, 3.05) is 12.9 Å². The van der Waals surface area contributed by atoms with E-state index in [4.69, 9.17) is 0 Å². The Morgan fingerprint density at radius 2 is 2.05 bits per heavy atom. The van der Waals surface area contributed by atoms with E-state index < -0.39 is 0 Å². The second-order valence-corrected chi connectivity index (χ2v) is 4.90. The number of rotatable bonds is 5. The predicted molar refractivity (Wildman–Crippen MR) is 74.6 cm³/mol. The average molecular weight is 291 g/mol. The van der Waals surface area contributed by atoms with Gasteiger partial charge in [-0.05, 0) is 5.56 Å². The Kier molecular flexibility index (Phi) is 4.89. The van der Waals surface area contributed by atoms with E-state index in [-0.39, 0.29) is 17.3 Å². The third kappa shape index (κ3) is 3.92. The van der Waals surface area contributed by atoms with Crippen molar-refractivity contribution in [3.05, 3.63) is 51.9 Å². The Morgan fingerprint density at radius 3 is 2.70 bits per heavy atom. The number of esters is 1. The second kappa shape index (κ2) is 6.85. The Balaban J connectivity index is 2.06. The molecule has 0 radical (unpaired) electrons. The first-order chi connectivity index (χ1) is 9.69. The number of hydrogen-bond acceptors (Lipinski definition) is 6. The van der Waals surface area contributed by atoms with Crippen molar-refractivity contribution in [1.29, 1.82) is 0 Å². The number of H-pyrrole nitrogens is 1. The van der Waals surface area contributed by atoms with E-state index in [1.807, 2.05) is 30.3 Å². The van der Waals surface area contributed by atoms with E-state index >= 15 is 0 Å². The number of carbonyl (C=O) groups excluding carboxylic acids is 1. The standard InChI is InChI=1S/C13H13N3O3S/c1-19-11(17)8-20-13-14-12(18)10(15-16-13)7-9-5-3-2-4-6-9/h2-6H,7-8H2,1H3,(H,14,16,18). The number of benzene rings is 1. The van der Waals surface area contributed by atoms with Crippen LogP contribution in [0.5, 0.6) is 0 Å². The van der Waals surface area contributed by atoms with Gasteiger partial charge in [-0.3, -0.25) is 14.6 Å². The Bertz CT molecular complexity index is 643. The van der Waals surface area contributed by atoms with Crippen LogP contribution >= 0.6 is 11.8 Å². The summed E-state index contributed by atoms with van der Waals surface area (Å²) in [6.45, 7) is 0. The van der Waals surface area contributed by atoms with E-state index in [0.717, 1.165) is 17.3 Å². The van der Waals surface area contributed by atoms with Crippen molar-refractivity contribution in [1.82, 2.24) is 15.2 Å². The molecule has 0 saturated heterocycles. The number of aromatic nitrogens is 3. The number of methoxy groups -OCH3 is 1. The molecule has 0 aliphatic heterocycles. The molecule has 1 heterocycles. The summed E-state index contributed by atoms with van der Waals surface area (Å²) in [4.78, 5) is 25.5. The van der Waals surface area contributed by atoms with Crippen molar-refractivity contribution >= 4 is 17.7 Å². The zero-order valence-corrected chi connectivity index (χ0v) is 11.6. The zero-order valence-electron chi connectivity index (χ0n) is 10.8. The van der Waals surface area contributed by atoms with E-state index in [1.54, 1.807) is 0 Å². The van der Waals surface area contributed by atoms with Crippen LogP contribution < -0.4 is 5.56 Å². The minimum absolute atomic E-state index is 0.0825. The van der Waals surface area contributed by atoms with Crippen LogP contribution in [0.25, 0.3) is 0 Å². The molecule has 0 aliphatic rings. The van der Waals surface area contributed by atoms with Crippen LogP contribution in [-0.2, 0) is 16.0 Å². The van der Waals surface area contributed by atoms with Crippen molar-refractivity contribution < 1.29 is 9.53 Å². The topological polar surface area (TPSA) is 84.9 Å². The maximum absolute atomic E-state index is 11.9. The molecule has 0 unspecified atom stereocenters. The molecule has 104 valence electrons. The SMILES string of the molecule is COC(=O)CSc1nnc(Cc2ccccc2)c(=O)[nH]1. The predicted octanol–water partition coefficient (Wildman–Crippen LogP) is 1.02. The summed E-state index contributed by atoms with van der Waals surface area (Å²) >= 11 is 1.08. The van der Waals surface area contributed by atoms with Gasteiger partial charge in [0.15, 0.2) is 5.16 Å². The highest BCUT2D eigenvalue weighted by Gasteiger charge is 2.08. The first kappa shape index (κ1) is 14.3. The molecule has 0 amide bonds. The van der Waals surface area contributed by atoms with Gasteiger partial charge in [-0.15, -0.1) is 10.2 Å². The summed E-state index contributed by atoms with van der Waals surface area (Å²) in [5.74, 6) is -0.301. The van der Waals surface area contributed by atoms with Crippen molar-refractivity contribution in [2.45, 2.75) is 11.6 Å². The molecule has 0 spiro atoms. The van der Waals surface area contributed by atoms with E-state index in [1.165, 1.54) is 7.11 Å². The van der Waals surface area contributed by atoms with Gasteiger partial charge in [0.05, 0.1) is 12.9 Å². The van der Waals surface area contributed by atoms with Gasteiger partial charge in [0, 0.05) is 6.42 Å². The number of carbonyl (C=O) groups is 1. The fourth-order valence-electron chi connectivity index (χ4n) is 1.50. The van der Waals surface area contributed by atoms with Crippen LogP contribution in [0.4, 0.5) is 0 Å². The van der Waals surface area contributed by atoms with Crippen LogP contribution in [0.2, 0.25) is 0 Å². The fourth-order valence-corrected chi connectivity index (χ4v) is 2.14. The first-order valence-corrected chi connectivity index (χ1v) is 6.87. The molecule has 20 heavy (non-hydrogen) atoms. The highest BCUT2D eigenvalue weighted by atomic mass is 32.2. The van der Waals surface area contributed by atoms with Gasteiger partial charge in [-0.1, -0.05) is 42.1 Å². The number of ether oxygens (including phenoxy) is 1. The molecule has 6 nitrogen and oxygen atoms in total. The summed E-state index contributed by atoms with van der Waals surface area (Å²) in [7, 11) is 1.31. The molecule has 0 fully saturated rings. The largest absolute Gasteiger partial charge is 0.468 e. The molecule has 1 aromatic heterocycles. The van der Waals surface area contributed by atoms with Crippen molar-refractivity contribution in [3.63, 3.8) is 0 Å². The highest BCUT2D eigenvalue weighted by Crippen LogP contribution is 2.10. The number of hydrogen-bond donors (Lipinski definition) is 1. The molecule has 7 heteroatoms. The second-order valence-electron chi connectivity index (χ2n) is 3.93. The molecule has 0 saturated carbocycles. The lowest BCUT2D eigenvalue weighted by atomic mass is 10.1. The summed E-state index contributed by atoms with van der Waals surface area (Å²) in [6.07, 6.45) is 0.422. The molecule has 1 aromatic carbocycles. The minimum Gasteiger partial charge on any atom is -0.468 e. The summed E-state index contributed by atoms with van der Waals surface area (Å²) in [6, 6.07) is 9.54. The van der Waals surface area contributed by atoms with Crippen LogP contribution in [0.3, 0.4) is 0 Å². The number of aromatic amines is 1. The quantitative estimate of drug-likeness (QED) is 0.654. The van der Waals surface area contributed by atoms with Gasteiger partial charge in [-0.25, -0.2) is 0 Å². The molecule has 2 aromatic rings. The van der Waals surface area contributed by atoms with Crippen molar-refractivity contribution in [2.24, 2.45) is 0 Å². The zero-order chi connectivity index (χ0) is 14.4. The Labute approximate surface area is 119 Å². The van der Waals surface area contributed by atoms with E-state index in [2.05, 4.69) is 19.9 Å². The van der Waals surface area contributed by atoms with Gasteiger partial charge in [0.1, 0.15) is 5.69 Å². The van der Waals surface area contributed by atoms with Crippen LogP contribution in [0.1, 0.15) is 11.3 Å². The van der Waals surface area contributed by atoms with Crippen LogP contribution in [-0.4, -0.2) is 34.0 Å². The molecule has 1 N–H and O–H groups in total.